The molecule has 0 saturated carbocycles. The summed E-state index contributed by atoms with van der Waals surface area (Å²) in [6.07, 6.45) is 0.204. The highest BCUT2D eigenvalue weighted by atomic mass is 32.2. The lowest BCUT2D eigenvalue weighted by Gasteiger charge is -2.15. The lowest BCUT2D eigenvalue weighted by molar-refractivity contribution is -0.0450. The lowest BCUT2D eigenvalue weighted by atomic mass is 10.1. The van der Waals surface area contributed by atoms with Crippen LogP contribution in [0.5, 0.6) is 0 Å². The molecule has 102 valence electrons. The number of sulfonamides is 1. The minimum atomic E-state index is -5.28. The van der Waals surface area contributed by atoms with Crippen LogP contribution in [0.4, 0.5) is 13.2 Å². The molecule has 3 nitrogen and oxygen atoms in total. The molecule has 0 aromatic heterocycles. The first-order valence-corrected chi connectivity index (χ1v) is 6.74. The first-order valence-electron chi connectivity index (χ1n) is 5.26. The van der Waals surface area contributed by atoms with E-state index in [-0.39, 0.29) is 6.42 Å². The smallest absolute Gasteiger partial charge is 0.204 e. The van der Waals surface area contributed by atoms with E-state index in [1.54, 1.807) is 16.9 Å². The Kier molecular flexibility index (Phi) is 4.39. The van der Waals surface area contributed by atoms with E-state index in [1.807, 2.05) is 19.1 Å². The Bertz CT molecular complexity index is 494. The van der Waals surface area contributed by atoms with E-state index in [9.17, 15) is 21.6 Å². The van der Waals surface area contributed by atoms with Gasteiger partial charge in [0, 0.05) is 6.04 Å². The van der Waals surface area contributed by atoms with Crippen LogP contribution in [0.1, 0.15) is 18.1 Å². The Labute approximate surface area is 104 Å². The summed E-state index contributed by atoms with van der Waals surface area (Å²) in [7, 11) is -5.28. The fourth-order valence-electron chi connectivity index (χ4n) is 1.45. The summed E-state index contributed by atoms with van der Waals surface area (Å²) in [4.78, 5) is 0. The van der Waals surface area contributed by atoms with Crippen LogP contribution in [-0.2, 0) is 16.4 Å². The van der Waals surface area contributed by atoms with Crippen molar-refractivity contribution in [1.29, 1.82) is 0 Å². The molecule has 1 aromatic rings. The molecule has 0 saturated heterocycles. The molecule has 7 heteroatoms. The van der Waals surface area contributed by atoms with Crippen molar-refractivity contribution < 1.29 is 21.6 Å². The molecule has 0 amide bonds. The first kappa shape index (κ1) is 15.0. The molecule has 18 heavy (non-hydrogen) atoms. The third kappa shape index (κ3) is 3.99. The minimum absolute atomic E-state index is 0.204. The quantitative estimate of drug-likeness (QED) is 0.921. The van der Waals surface area contributed by atoms with Gasteiger partial charge >= 0.3 is 15.5 Å². The van der Waals surface area contributed by atoms with Crippen molar-refractivity contribution in [1.82, 2.24) is 4.72 Å². The zero-order chi connectivity index (χ0) is 14.0. The second-order valence-corrected chi connectivity index (χ2v) is 5.86. The maximum absolute atomic E-state index is 12.1. The van der Waals surface area contributed by atoms with Gasteiger partial charge in [-0.3, -0.25) is 0 Å². The first-order chi connectivity index (χ1) is 8.12. The van der Waals surface area contributed by atoms with Gasteiger partial charge < -0.3 is 0 Å². The summed E-state index contributed by atoms with van der Waals surface area (Å²) in [5, 5.41) is 0. The number of rotatable bonds is 4. The minimum Gasteiger partial charge on any atom is -0.204 e. The number of aryl methyl sites for hydroxylation is 1. The molecule has 1 N–H and O–H groups in total. The number of nitrogens with one attached hydrogen (secondary N) is 1. The zero-order valence-corrected chi connectivity index (χ0v) is 10.8. The van der Waals surface area contributed by atoms with Crippen molar-refractivity contribution >= 4 is 10.0 Å². The standard InChI is InChI=1S/C11H14F3NO2S/c1-8-3-5-10(6-4-8)7-9(2)15-18(16,17)11(12,13)14/h3-6,9,15H,7H2,1-2H3. The number of hydrogen-bond acceptors (Lipinski definition) is 2. The van der Waals surface area contributed by atoms with E-state index in [4.69, 9.17) is 0 Å². The van der Waals surface area contributed by atoms with E-state index in [0.717, 1.165) is 11.1 Å². The lowest BCUT2D eigenvalue weighted by Crippen LogP contribution is -2.42. The predicted octanol–water partition coefficient (Wildman–Crippen LogP) is 2.37. The maximum Gasteiger partial charge on any atom is 0.511 e. The summed E-state index contributed by atoms with van der Waals surface area (Å²) in [6, 6.07) is 6.33. The van der Waals surface area contributed by atoms with Crippen molar-refractivity contribution in [2.24, 2.45) is 0 Å². The molecule has 0 spiro atoms. The Hall–Kier alpha value is -1.08. The third-order valence-electron chi connectivity index (χ3n) is 2.32. The van der Waals surface area contributed by atoms with Gasteiger partial charge in [-0.25, -0.2) is 13.1 Å². The van der Waals surface area contributed by atoms with E-state index in [0.29, 0.717) is 0 Å². The molecule has 0 radical (unpaired) electrons. The van der Waals surface area contributed by atoms with Gasteiger partial charge in [0.25, 0.3) is 0 Å². The average Bonchev–Trinajstić information content (AvgIpc) is 2.19. The van der Waals surface area contributed by atoms with Gasteiger partial charge in [-0.15, -0.1) is 0 Å². The van der Waals surface area contributed by atoms with Crippen LogP contribution >= 0.6 is 0 Å². The fraction of sp³-hybridized carbons (Fsp3) is 0.455. The Balaban J connectivity index is 2.68. The van der Waals surface area contributed by atoms with Gasteiger partial charge in [-0.2, -0.15) is 13.2 Å². The summed E-state index contributed by atoms with van der Waals surface area (Å²) < 4.78 is 59.8. The van der Waals surface area contributed by atoms with Crippen LogP contribution in [0.15, 0.2) is 24.3 Å². The van der Waals surface area contributed by atoms with Crippen molar-refractivity contribution in [2.45, 2.75) is 31.8 Å². The van der Waals surface area contributed by atoms with Crippen molar-refractivity contribution in [3.05, 3.63) is 35.4 Å². The summed E-state index contributed by atoms with van der Waals surface area (Å²) in [5.74, 6) is 0. The van der Waals surface area contributed by atoms with Gasteiger partial charge in [0.05, 0.1) is 0 Å². The largest absolute Gasteiger partial charge is 0.511 e. The SMILES string of the molecule is Cc1ccc(CC(C)NS(=O)(=O)C(F)(F)F)cc1. The Morgan fingerprint density at radius 1 is 1.22 bits per heavy atom. The predicted molar refractivity (Wildman–Crippen MR) is 62.5 cm³/mol. The molecule has 0 bridgehead atoms. The molecular weight excluding hydrogens is 267 g/mol. The second-order valence-electron chi connectivity index (χ2n) is 4.16. The number of halogens is 3. The van der Waals surface area contributed by atoms with Crippen molar-refractivity contribution in [3.63, 3.8) is 0 Å². The zero-order valence-electron chi connectivity index (χ0n) is 9.95. The number of hydrogen-bond donors (Lipinski definition) is 1. The number of benzene rings is 1. The van der Waals surface area contributed by atoms with E-state index in [2.05, 4.69) is 0 Å². The highest BCUT2D eigenvalue weighted by Crippen LogP contribution is 2.22. The molecule has 1 atom stereocenters. The topological polar surface area (TPSA) is 46.2 Å². The van der Waals surface area contributed by atoms with Gasteiger partial charge in [0.15, 0.2) is 0 Å². The van der Waals surface area contributed by atoms with Crippen LogP contribution < -0.4 is 4.72 Å². The molecule has 0 aliphatic carbocycles. The highest BCUT2D eigenvalue weighted by Gasteiger charge is 2.46. The van der Waals surface area contributed by atoms with Crippen molar-refractivity contribution in [3.8, 4) is 0 Å². The molecule has 1 unspecified atom stereocenters. The monoisotopic (exact) mass is 281 g/mol. The summed E-state index contributed by atoms with van der Waals surface area (Å²) in [5.41, 5.74) is -3.46. The van der Waals surface area contributed by atoms with Gasteiger partial charge in [0.2, 0.25) is 0 Å². The van der Waals surface area contributed by atoms with Crippen LogP contribution in [0, 0.1) is 6.92 Å². The molecular formula is C11H14F3NO2S. The molecule has 0 aliphatic heterocycles. The van der Waals surface area contributed by atoms with Crippen LogP contribution in [0.2, 0.25) is 0 Å². The summed E-state index contributed by atoms with van der Waals surface area (Å²) >= 11 is 0. The van der Waals surface area contributed by atoms with Gasteiger partial charge in [-0.05, 0) is 25.8 Å². The summed E-state index contributed by atoms with van der Waals surface area (Å²) in [6.45, 7) is 3.28. The van der Waals surface area contributed by atoms with E-state index < -0.39 is 21.6 Å². The van der Waals surface area contributed by atoms with Crippen LogP contribution in [0.25, 0.3) is 0 Å². The third-order valence-corrected chi connectivity index (χ3v) is 3.65. The normalized spacial score (nSPS) is 14.5. The fourth-order valence-corrected chi connectivity index (χ4v) is 2.20. The second kappa shape index (κ2) is 5.27. The Morgan fingerprint density at radius 2 is 1.72 bits per heavy atom. The number of alkyl halides is 3. The van der Waals surface area contributed by atoms with Gasteiger partial charge in [-0.1, -0.05) is 29.8 Å². The molecule has 1 rings (SSSR count). The van der Waals surface area contributed by atoms with Crippen LogP contribution in [-0.4, -0.2) is 20.0 Å². The van der Waals surface area contributed by atoms with Crippen molar-refractivity contribution in [2.75, 3.05) is 0 Å². The average molecular weight is 281 g/mol. The molecule has 1 aromatic carbocycles. The maximum atomic E-state index is 12.1. The molecule has 0 fully saturated rings. The van der Waals surface area contributed by atoms with E-state index >= 15 is 0 Å². The molecule has 0 heterocycles. The van der Waals surface area contributed by atoms with Gasteiger partial charge in [0.1, 0.15) is 0 Å². The molecule has 0 aliphatic rings. The van der Waals surface area contributed by atoms with Crippen LogP contribution in [0.3, 0.4) is 0 Å². The highest BCUT2D eigenvalue weighted by molar-refractivity contribution is 7.90. The Morgan fingerprint density at radius 3 is 2.17 bits per heavy atom. The van der Waals surface area contributed by atoms with E-state index in [1.165, 1.54) is 6.92 Å².